The third-order valence-corrected chi connectivity index (χ3v) is 4.83. The molecule has 0 unspecified atom stereocenters. The number of hydrogen-bond acceptors (Lipinski definition) is 4. The number of aromatic hydroxyl groups is 1. The van der Waals surface area contributed by atoms with Crippen molar-refractivity contribution in [3.63, 3.8) is 0 Å². The quantitative estimate of drug-likeness (QED) is 0.366. The van der Waals surface area contributed by atoms with Gasteiger partial charge in [-0.05, 0) is 29.8 Å². The predicted octanol–water partition coefficient (Wildman–Crippen LogP) is 3.87. The SMILES string of the molecule is O=C(CCn1c(Cc2ccccc2)nc2ccccc21)N/N=C\c1ccccc1O. The number of para-hydroxylation sites is 3. The maximum absolute atomic E-state index is 12.3. The number of fused-ring (bicyclic) bond motifs is 1. The molecule has 0 bridgehead atoms. The second-order valence-electron chi connectivity index (χ2n) is 6.93. The van der Waals surface area contributed by atoms with Crippen LogP contribution in [-0.4, -0.2) is 26.8 Å². The number of imidazole rings is 1. The van der Waals surface area contributed by atoms with Gasteiger partial charge in [0, 0.05) is 24.9 Å². The number of hydrogen-bond donors (Lipinski definition) is 2. The molecule has 4 rings (SSSR count). The Balaban J connectivity index is 1.46. The van der Waals surface area contributed by atoms with E-state index >= 15 is 0 Å². The molecule has 1 amide bonds. The lowest BCUT2D eigenvalue weighted by Gasteiger charge is -2.09. The van der Waals surface area contributed by atoms with Crippen LogP contribution in [0, 0.1) is 0 Å². The molecule has 0 aliphatic rings. The minimum atomic E-state index is -0.204. The zero-order valence-electron chi connectivity index (χ0n) is 16.4. The van der Waals surface area contributed by atoms with Crippen LogP contribution < -0.4 is 5.43 Å². The van der Waals surface area contributed by atoms with E-state index in [0.717, 1.165) is 16.9 Å². The Bertz CT molecular complexity index is 1180. The molecule has 0 fully saturated rings. The van der Waals surface area contributed by atoms with E-state index in [9.17, 15) is 9.90 Å². The fourth-order valence-corrected chi connectivity index (χ4v) is 3.33. The molecule has 4 aromatic rings. The predicted molar refractivity (Wildman–Crippen MR) is 117 cm³/mol. The molecule has 6 heteroatoms. The number of benzene rings is 3. The lowest BCUT2D eigenvalue weighted by atomic mass is 10.1. The first-order valence-corrected chi connectivity index (χ1v) is 9.78. The lowest BCUT2D eigenvalue weighted by Crippen LogP contribution is -2.20. The van der Waals surface area contributed by atoms with Gasteiger partial charge in [-0.15, -0.1) is 0 Å². The van der Waals surface area contributed by atoms with Crippen LogP contribution in [0.25, 0.3) is 11.0 Å². The highest BCUT2D eigenvalue weighted by Crippen LogP contribution is 2.19. The highest BCUT2D eigenvalue weighted by atomic mass is 16.3. The van der Waals surface area contributed by atoms with Crippen molar-refractivity contribution in [2.45, 2.75) is 19.4 Å². The molecule has 0 saturated carbocycles. The third kappa shape index (κ3) is 4.55. The normalized spacial score (nSPS) is 11.2. The molecule has 0 saturated heterocycles. The minimum Gasteiger partial charge on any atom is -0.507 e. The summed E-state index contributed by atoms with van der Waals surface area (Å²) in [5, 5.41) is 13.7. The summed E-state index contributed by atoms with van der Waals surface area (Å²) < 4.78 is 2.09. The van der Waals surface area contributed by atoms with E-state index in [1.165, 1.54) is 11.8 Å². The number of nitrogens with one attached hydrogen (secondary N) is 1. The average Bonchev–Trinajstić information content (AvgIpc) is 3.11. The summed E-state index contributed by atoms with van der Waals surface area (Å²) in [6, 6.07) is 24.9. The van der Waals surface area contributed by atoms with Crippen molar-refractivity contribution in [2.75, 3.05) is 0 Å². The van der Waals surface area contributed by atoms with Gasteiger partial charge in [-0.25, -0.2) is 10.4 Å². The molecule has 0 aliphatic carbocycles. The number of hydrazone groups is 1. The molecule has 0 atom stereocenters. The molecule has 30 heavy (non-hydrogen) atoms. The first kappa shape index (κ1) is 19.4. The molecule has 0 radical (unpaired) electrons. The largest absolute Gasteiger partial charge is 0.507 e. The zero-order chi connectivity index (χ0) is 20.8. The fraction of sp³-hybridized carbons (Fsp3) is 0.125. The van der Waals surface area contributed by atoms with Gasteiger partial charge in [0.15, 0.2) is 0 Å². The van der Waals surface area contributed by atoms with Gasteiger partial charge < -0.3 is 9.67 Å². The third-order valence-electron chi connectivity index (χ3n) is 4.83. The number of nitrogens with zero attached hydrogens (tertiary/aromatic N) is 3. The molecular formula is C24H22N4O2. The molecule has 0 spiro atoms. The van der Waals surface area contributed by atoms with Gasteiger partial charge in [0.05, 0.1) is 17.2 Å². The molecular weight excluding hydrogens is 376 g/mol. The van der Waals surface area contributed by atoms with Crippen molar-refractivity contribution < 1.29 is 9.90 Å². The van der Waals surface area contributed by atoms with Gasteiger partial charge in [0.2, 0.25) is 5.91 Å². The molecule has 3 aromatic carbocycles. The van der Waals surface area contributed by atoms with Gasteiger partial charge in [-0.2, -0.15) is 5.10 Å². The van der Waals surface area contributed by atoms with Crippen LogP contribution in [0.5, 0.6) is 5.75 Å². The van der Waals surface area contributed by atoms with Gasteiger partial charge in [0.25, 0.3) is 0 Å². The van der Waals surface area contributed by atoms with E-state index in [1.807, 2.05) is 42.5 Å². The molecule has 1 aromatic heterocycles. The number of aryl methyl sites for hydroxylation is 1. The summed E-state index contributed by atoms with van der Waals surface area (Å²) in [6.45, 7) is 0.501. The zero-order valence-corrected chi connectivity index (χ0v) is 16.4. The number of aromatic nitrogens is 2. The molecule has 1 heterocycles. The fourth-order valence-electron chi connectivity index (χ4n) is 3.33. The van der Waals surface area contributed by atoms with Crippen LogP contribution in [0.1, 0.15) is 23.4 Å². The lowest BCUT2D eigenvalue weighted by molar-refractivity contribution is -0.121. The maximum atomic E-state index is 12.3. The van der Waals surface area contributed by atoms with Crippen molar-refractivity contribution in [3.8, 4) is 5.75 Å². The first-order chi connectivity index (χ1) is 14.7. The van der Waals surface area contributed by atoms with Gasteiger partial charge in [-0.3, -0.25) is 4.79 Å². The highest BCUT2D eigenvalue weighted by Gasteiger charge is 2.12. The number of carbonyl (C=O) groups is 1. The second-order valence-corrected chi connectivity index (χ2v) is 6.93. The number of rotatable bonds is 7. The van der Waals surface area contributed by atoms with Crippen LogP contribution in [-0.2, 0) is 17.8 Å². The van der Waals surface area contributed by atoms with Crippen molar-refractivity contribution in [2.24, 2.45) is 5.10 Å². The summed E-state index contributed by atoms with van der Waals surface area (Å²) in [4.78, 5) is 17.1. The Morgan fingerprint density at radius 3 is 2.57 bits per heavy atom. The summed E-state index contributed by atoms with van der Waals surface area (Å²) in [6.07, 6.45) is 2.39. The minimum absolute atomic E-state index is 0.117. The number of amides is 1. The molecule has 2 N–H and O–H groups in total. The maximum Gasteiger partial charge on any atom is 0.241 e. The van der Waals surface area contributed by atoms with E-state index in [2.05, 4.69) is 27.2 Å². The summed E-state index contributed by atoms with van der Waals surface area (Å²) in [7, 11) is 0. The Morgan fingerprint density at radius 2 is 1.73 bits per heavy atom. The van der Waals surface area contributed by atoms with E-state index in [4.69, 9.17) is 4.98 Å². The first-order valence-electron chi connectivity index (χ1n) is 9.78. The number of phenolic OH excluding ortho intramolecular Hbond substituents is 1. The van der Waals surface area contributed by atoms with Crippen LogP contribution in [0.3, 0.4) is 0 Å². The Hall–Kier alpha value is -3.93. The topological polar surface area (TPSA) is 79.5 Å². The highest BCUT2D eigenvalue weighted by molar-refractivity contribution is 5.85. The van der Waals surface area contributed by atoms with E-state index in [0.29, 0.717) is 18.5 Å². The molecule has 0 aliphatic heterocycles. The number of phenols is 1. The average molecular weight is 398 g/mol. The van der Waals surface area contributed by atoms with Crippen molar-refractivity contribution in [3.05, 3.63) is 95.8 Å². The second kappa shape index (κ2) is 9.05. The smallest absolute Gasteiger partial charge is 0.241 e. The van der Waals surface area contributed by atoms with Crippen molar-refractivity contribution >= 4 is 23.2 Å². The Kier molecular flexibility index (Phi) is 5.85. The van der Waals surface area contributed by atoms with Crippen molar-refractivity contribution in [1.29, 1.82) is 0 Å². The standard InChI is InChI=1S/C24H22N4O2/c29-22-13-7-4-10-19(22)17-25-27-24(30)14-15-28-21-12-6-5-11-20(21)26-23(28)16-18-8-2-1-3-9-18/h1-13,17,29H,14-16H2,(H,27,30)/b25-17-. The Labute approximate surface area is 174 Å². The molecule has 150 valence electrons. The van der Waals surface area contributed by atoms with Crippen LogP contribution >= 0.6 is 0 Å². The summed E-state index contributed by atoms with van der Waals surface area (Å²) in [5.74, 6) is 0.837. The van der Waals surface area contributed by atoms with Gasteiger partial charge in [0.1, 0.15) is 11.6 Å². The van der Waals surface area contributed by atoms with E-state index < -0.39 is 0 Å². The van der Waals surface area contributed by atoms with Crippen LogP contribution in [0.2, 0.25) is 0 Å². The number of carbonyl (C=O) groups excluding carboxylic acids is 1. The molecule has 6 nitrogen and oxygen atoms in total. The van der Waals surface area contributed by atoms with Gasteiger partial charge >= 0.3 is 0 Å². The van der Waals surface area contributed by atoms with E-state index in [-0.39, 0.29) is 18.1 Å². The van der Waals surface area contributed by atoms with Crippen LogP contribution in [0.4, 0.5) is 0 Å². The monoisotopic (exact) mass is 398 g/mol. The summed E-state index contributed by atoms with van der Waals surface area (Å²) in [5.41, 5.74) is 6.17. The van der Waals surface area contributed by atoms with Crippen LogP contribution in [0.15, 0.2) is 84.0 Å². The summed E-state index contributed by atoms with van der Waals surface area (Å²) >= 11 is 0. The Morgan fingerprint density at radius 1 is 1.00 bits per heavy atom. The van der Waals surface area contributed by atoms with E-state index in [1.54, 1.807) is 24.3 Å². The van der Waals surface area contributed by atoms with Crippen molar-refractivity contribution in [1.82, 2.24) is 15.0 Å². The van der Waals surface area contributed by atoms with Gasteiger partial charge in [-0.1, -0.05) is 54.6 Å².